The summed E-state index contributed by atoms with van der Waals surface area (Å²) in [5, 5.41) is 20.7. The predicted octanol–water partition coefficient (Wildman–Crippen LogP) is 0.0325. The van der Waals surface area contributed by atoms with E-state index in [4.69, 9.17) is 9.84 Å². The summed E-state index contributed by atoms with van der Waals surface area (Å²) in [7, 11) is 0. The van der Waals surface area contributed by atoms with Crippen LogP contribution in [0.4, 0.5) is 4.79 Å². The van der Waals surface area contributed by atoms with Crippen molar-refractivity contribution in [3.63, 3.8) is 0 Å². The summed E-state index contributed by atoms with van der Waals surface area (Å²) in [5.41, 5.74) is -2.01. The SMILES string of the molecule is CC(C)(C)OC(=O)NC1(C(=O)O)CCN(CCO)C1. The van der Waals surface area contributed by atoms with Crippen LogP contribution in [0.5, 0.6) is 0 Å². The number of hydrogen-bond donors (Lipinski definition) is 3. The van der Waals surface area contributed by atoms with E-state index in [1.807, 2.05) is 0 Å². The van der Waals surface area contributed by atoms with Crippen molar-refractivity contribution < 1.29 is 24.5 Å². The highest BCUT2D eigenvalue weighted by molar-refractivity contribution is 5.85. The maximum atomic E-state index is 11.7. The van der Waals surface area contributed by atoms with Gasteiger partial charge in [-0.25, -0.2) is 9.59 Å². The molecule has 0 spiro atoms. The third-order valence-electron chi connectivity index (χ3n) is 2.91. The van der Waals surface area contributed by atoms with Crippen molar-refractivity contribution in [3.05, 3.63) is 0 Å². The van der Waals surface area contributed by atoms with E-state index in [-0.39, 0.29) is 13.2 Å². The molecule has 7 nitrogen and oxygen atoms in total. The molecule has 110 valence electrons. The number of hydrogen-bond acceptors (Lipinski definition) is 5. The number of ether oxygens (including phenoxy) is 1. The van der Waals surface area contributed by atoms with Gasteiger partial charge in [0.05, 0.1) is 6.61 Å². The molecule has 1 atom stereocenters. The molecule has 1 aliphatic rings. The number of carbonyl (C=O) groups is 2. The van der Waals surface area contributed by atoms with Gasteiger partial charge in [-0.2, -0.15) is 0 Å². The van der Waals surface area contributed by atoms with Gasteiger partial charge in [-0.15, -0.1) is 0 Å². The van der Waals surface area contributed by atoms with Gasteiger partial charge in [-0.05, 0) is 27.2 Å². The Morgan fingerprint density at radius 1 is 1.42 bits per heavy atom. The smallest absolute Gasteiger partial charge is 0.408 e. The standard InChI is InChI=1S/C12H22N2O5/c1-11(2,3)19-10(18)13-12(9(16)17)4-5-14(8-12)6-7-15/h15H,4-8H2,1-3H3,(H,13,18)(H,16,17). The molecule has 7 heteroatoms. The first-order valence-corrected chi connectivity index (χ1v) is 6.26. The van der Waals surface area contributed by atoms with Crippen LogP contribution in [0.2, 0.25) is 0 Å². The Morgan fingerprint density at radius 2 is 2.05 bits per heavy atom. The zero-order valence-electron chi connectivity index (χ0n) is 11.6. The van der Waals surface area contributed by atoms with Gasteiger partial charge in [0.15, 0.2) is 5.54 Å². The highest BCUT2D eigenvalue weighted by Crippen LogP contribution is 2.22. The number of aliphatic carboxylic acids is 1. The van der Waals surface area contributed by atoms with E-state index in [1.54, 1.807) is 25.7 Å². The van der Waals surface area contributed by atoms with Crippen LogP contribution in [0, 0.1) is 0 Å². The van der Waals surface area contributed by atoms with Crippen LogP contribution in [-0.2, 0) is 9.53 Å². The third kappa shape index (κ3) is 4.36. The maximum absolute atomic E-state index is 11.7. The van der Waals surface area contributed by atoms with Crippen molar-refractivity contribution in [2.45, 2.75) is 38.3 Å². The van der Waals surface area contributed by atoms with Gasteiger partial charge < -0.3 is 20.3 Å². The van der Waals surface area contributed by atoms with Crippen LogP contribution in [0.1, 0.15) is 27.2 Å². The monoisotopic (exact) mass is 274 g/mol. The molecule has 0 aromatic carbocycles. The van der Waals surface area contributed by atoms with Crippen molar-refractivity contribution in [2.75, 3.05) is 26.2 Å². The first kappa shape index (κ1) is 15.7. The summed E-state index contributed by atoms with van der Waals surface area (Å²) in [6.07, 6.45) is -0.442. The number of aliphatic hydroxyl groups is 1. The van der Waals surface area contributed by atoms with Crippen LogP contribution in [0.25, 0.3) is 0 Å². The van der Waals surface area contributed by atoms with Crippen molar-refractivity contribution >= 4 is 12.1 Å². The first-order valence-electron chi connectivity index (χ1n) is 6.26. The summed E-state index contributed by atoms with van der Waals surface area (Å²) >= 11 is 0. The van der Waals surface area contributed by atoms with Crippen molar-refractivity contribution in [2.24, 2.45) is 0 Å². The Labute approximate surface area is 112 Å². The Hall–Kier alpha value is -1.34. The zero-order valence-corrected chi connectivity index (χ0v) is 11.6. The van der Waals surface area contributed by atoms with Gasteiger partial charge in [0.1, 0.15) is 5.60 Å². The average molecular weight is 274 g/mol. The summed E-state index contributed by atoms with van der Waals surface area (Å²) in [6.45, 7) is 6.18. The highest BCUT2D eigenvalue weighted by atomic mass is 16.6. The number of carboxylic acids is 1. The second kappa shape index (κ2) is 5.75. The number of nitrogens with zero attached hydrogens (tertiary/aromatic N) is 1. The zero-order chi connectivity index (χ0) is 14.7. The van der Waals surface area contributed by atoms with Crippen molar-refractivity contribution in [1.29, 1.82) is 0 Å². The number of β-amino-alcohol motifs (C(OH)–C–C–N with tert-alkyl or cyclic N) is 1. The fourth-order valence-corrected chi connectivity index (χ4v) is 2.05. The van der Waals surface area contributed by atoms with Crippen LogP contribution < -0.4 is 5.32 Å². The van der Waals surface area contributed by atoms with Crippen molar-refractivity contribution in [3.8, 4) is 0 Å². The minimum atomic E-state index is -1.34. The molecule has 0 saturated carbocycles. The molecule has 19 heavy (non-hydrogen) atoms. The maximum Gasteiger partial charge on any atom is 0.408 e. The quantitative estimate of drug-likeness (QED) is 0.669. The van der Waals surface area contributed by atoms with Gasteiger partial charge in [0.25, 0.3) is 0 Å². The number of likely N-dealkylation sites (tertiary alicyclic amines) is 1. The Kier molecular flexibility index (Phi) is 4.75. The molecule has 3 N–H and O–H groups in total. The van der Waals surface area contributed by atoms with Crippen LogP contribution in [0.15, 0.2) is 0 Å². The second-order valence-electron chi connectivity index (χ2n) is 5.76. The van der Waals surface area contributed by atoms with Gasteiger partial charge >= 0.3 is 12.1 Å². The van der Waals surface area contributed by atoms with Gasteiger partial charge in [-0.3, -0.25) is 4.90 Å². The molecule has 1 unspecified atom stereocenters. The summed E-state index contributed by atoms with van der Waals surface area (Å²) in [4.78, 5) is 24.9. The minimum Gasteiger partial charge on any atom is -0.479 e. The Bertz CT molecular complexity index is 353. The lowest BCUT2D eigenvalue weighted by Crippen LogP contribution is -2.57. The lowest BCUT2D eigenvalue weighted by atomic mass is 9.99. The number of rotatable bonds is 4. The molecule has 1 saturated heterocycles. The fraction of sp³-hybridized carbons (Fsp3) is 0.833. The minimum absolute atomic E-state index is 0.0395. The van der Waals surface area contributed by atoms with E-state index in [2.05, 4.69) is 5.32 Å². The molecule has 1 fully saturated rings. The number of amides is 1. The lowest BCUT2D eigenvalue weighted by Gasteiger charge is -2.28. The molecule has 1 heterocycles. The Balaban J connectivity index is 2.69. The van der Waals surface area contributed by atoms with Gasteiger partial charge in [0.2, 0.25) is 0 Å². The van der Waals surface area contributed by atoms with Gasteiger partial charge in [0, 0.05) is 19.6 Å². The topological polar surface area (TPSA) is 99.1 Å². The number of nitrogens with one attached hydrogen (secondary N) is 1. The van der Waals surface area contributed by atoms with Crippen molar-refractivity contribution in [1.82, 2.24) is 10.2 Å². The van der Waals surface area contributed by atoms with E-state index in [0.29, 0.717) is 19.5 Å². The van der Waals surface area contributed by atoms with E-state index in [9.17, 15) is 14.7 Å². The van der Waals surface area contributed by atoms with E-state index in [1.165, 1.54) is 0 Å². The normalized spacial score (nSPS) is 24.2. The van der Waals surface area contributed by atoms with Crippen LogP contribution >= 0.6 is 0 Å². The summed E-state index contributed by atoms with van der Waals surface area (Å²) < 4.78 is 5.09. The average Bonchev–Trinajstić information content (AvgIpc) is 2.60. The molecule has 0 aliphatic carbocycles. The van der Waals surface area contributed by atoms with Gasteiger partial charge in [-0.1, -0.05) is 0 Å². The van der Waals surface area contributed by atoms with E-state index < -0.39 is 23.2 Å². The molecule has 1 amide bonds. The molecular formula is C12H22N2O5. The van der Waals surface area contributed by atoms with Crippen LogP contribution in [-0.4, -0.2) is 64.6 Å². The second-order valence-corrected chi connectivity index (χ2v) is 5.76. The largest absolute Gasteiger partial charge is 0.479 e. The number of carbonyl (C=O) groups excluding carboxylic acids is 1. The lowest BCUT2D eigenvalue weighted by molar-refractivity contribution is -0.144. The first-order chi connectivity index (χ1) is 8.68. The third-order valence-corrected chi connectivity index (χ3v) is 2.91. The number of aliphatic hydroxyl groups excluding tert-OH is 1. The highest BCUT2D eigenvalue weighted by Gasteiger charge is 2.46. The molecule has 0 bridgehead atoms. The Morgan fingerprint density at radius 3 is 2.53 bits per heavy atom. The number of carboxylic acid groups (broad SMARTS) is 1. The molecule has 0 aromatic rings. The molecular weight excluding hydrogens is 252 g/mol. The predicted molar refractivity (Wildman–Crippen MR) is 67.9 cm³/mol. The molecule has 1 rings (SSSR count). The summed E-state index contributed by atoms with van der Waals surface area (Å²) in [5.74, 6) is -1.08. The molecule has 0 radical (unpaired) electrons. The fourth-order valence-electron chi connectivity index (χ4n) is 2.05. The van der Waals surface area contributed by atoms with Crippen LogP contribution in [0.3, 0.4) is 0 Å². The van der Waals surface area contributed by atoms with E-state index in [0.717, 1.165) is 0 Å². The molecule has 0 aromatic heterocycles. The summed E-state index contributed by atoms with van der Waals surface area (Å²) in [6, 6.07) is 0. The molecule has 1 aliphatic heterocycles. The number of alkyl carbamates (subject to hydrolysis) is 1. The van der Waals surface area contributed by atoms with E-state index >= 15 is 0 Å².